The molecule has 3 N–H and O–H groups in total. The van der Waals surface area contributed by atoms with E-state index < -0.39 is 0 Å². The van der Waals surface area contributed by atoms with Gasteiger partial charge in [0.2, 0.25) is 5.91 Å². The van der Waals surface area contributed by atoms with Crippen molar-refractivity contribution in [1.82, 2.24) is 14.7 Å². The number of imidazole rings is 1. The third-order valence-electron chi connectivity index (χ3n) is 4.68. The van der Waals surface area contributed by atoms with Crippen molar-refractivity contribution in [2.24, 2.45) is 5.73 Å². The third kappa shape index (κ3) is 5.36. The molecule has 3 aromatic rings. The average molecular weight is 397 g/mol. The lowest BCUT2D eigenvalue weighted by atomic mass is 9.99. The summed E-state index contributed by atoms with van der Waals surface area (Å²) in [6.45, 7) is 6.83. The van der Waals surface area contributed by atoms with Crippen molar-refractivity contribution in [2.75, 3.05) is 12.3 Å². The van der Waals surface area contributed by atoms with Crippen LogP contribution in [-0.2, 0) is 10.5 Å². The molecule has 0 bridgehead atoms. The van der Waals surface area contributed by atoms with Gasteiger partial charge >= 0.3 is 0 Å². The molecule has 1 unspecified atom stereocenters. The van der Waals surface area contributed by atoms with E-state index >= 15 is 0 Å². The number of benzene rings is 1. The van der Waals surface area contributed by atoms with Gasteiger partial charge in [-0.3, -0.25) is 4.79 Å². The summed E-state index contributed by atoms with van der Waals surface area (Å²) in [4.78, 5) is 16.7. The van der Waals surface area contributed by atoms with Gasteiger partial charge in [0, 0.05) is 30.7 Å². The Morgan fingerprint density at radius 3 is 2.57 bits per heavy atom. The van der Waals surface area contributed by atoms with Gasteiger partial charge in [0.25, 0.3) is 0 Å². The second kappa shape index (κ2) is 9.26. The third-order valence-corrected chi connectivity index (χ3v) is 5.65. The number of carbonyl (C=O) groups excluding carboxylic acids is 1. The molecule has 0 aliphatic rings. The number of amides is 1. The van der Waals surface area contributed by atoms with Crippen LogP contribution in [0.25, 0.3) is 5.65 Å². The van der Waals surface area contributed by atoms with Crippen molar-refractivity contribution in [3.05, 3.63) is 71.2 Å². The van der Waals surface area contributed by atoms with E-state index in [2.05, 4.69) is 49.4 Å². The summed E-state index contributed by atoms with van der Waals surface area (Å²) in [7, 11) is 0. The van der Waals surface area contributed by atoms with Crippen LogP contribution in [0.5, 0.6) is 0 Å². The van der Waals surface area contributed by atoms with Crippen LogP contribution in [-0.4, -0.2) is 27.6 Å². The molecule has 2 aromatic heterocycles. The molecule has 2 heterocycles. The number of hydrogen-bond donors (Lipinski definition) is 2. The molecule has 0 radical (unpaired) electrons. The zero-order valence-electron chi connectivity index (χ0n) is 16.7. The molecule has 148 valence electrons. The number of nitrogens with one attached hydrogen (secondary N) is 1. The Labute approximate surface area is 170 Å². The first-order valence-electron chi connectivity index (χ1n) is 9.56. The number of nitrogens with zero attached hydrogens (tertiary/aromatic N) is 2. The van der Waals surface area contributed by atoms with Crippen molar-refractivity contribution in [1.29, 1.82) is 0 Å². The SMILES string of the molecule is Cc1ccc2nc(CSCC(=O)NCC(N)c3ccc(C(C)C)cc3)cn2c1. The molecule has 28 heavy (non-hydrogen) atoms. The molecular weight excluding hydrogens is 368 g/mol. The molecule has 1 amide bonds. The number of rotatable bonds is 8. The summed E-state index contributed by atoms with van der Waals surface area (Å²) >= 11 is 1.56. The zero-order chi connectivity index (χ0) is 20.1. The normalized spacial score (nSPS) is 12.5. The molecule has 0 aliphatic heterocycles. The molecule has 0 aliphatic carbocycles. The van der Waals surface area contributed by atoms with E-state index in [4.69, 9.17) is 5.73 Å². The summed E-state index contributed by atoms with van der Waals surface area (Å²) in [6.07, 6.45) is 4.07. The summed E-state index contributed by atoms with van der Waals surface area (Å²) in [5, 5.41) is 2.93. The number of fused-ring (bicyclic) bond motifs is 1. The van der Waals surface area contributed by atoms with Crippen molar-refractivity contribution in [2.45, 2.75) is 38.5 Å². The maximum absolute atomic E-state index is 12.1. The quantitative estimate of drug-likeness (QED) is 0.607. The molecule has 0 fully saturated rings. The van der Waals surface area contributed by atoms with Crippen LogP contribution in [0.2, 0.25) is 0 Å². The van der Waals surface area contributed by atoms with Crippen LogP contribution >= 0.6 is 11.8 Å². The highest BCUT2D eigenvalue weighted by molar-refractivity contribution is 7.99. The van der Waals surface area contributed by atoms with Crippen LogP contribution in [0.4, 0.5) is 0 Å². The molecule has 5 nitrogen and oxygen atoms in total. The average Bonchev–Trinajstić information content (AvgIpc) is 3.08. The van der Waals surface area contributed by atoms with Gasteiger partial charge in [-0.15, -0.1) is 11.8 Å². The van der Waals surface area contributed by atoms with Gasteiger partial charge in [-0.05, 0) is 35.6 Å². The largest absolute Gasteiger partial charge is 0.353 e. The van der Waals surface area contributed by atoms with Gasteiger partial charge in [0.05, 0.1) is 11.4 Å². The Balaban J connectivity index is 1.42. The molecule has 0 saturated heterocycles. The number of nitrogens with two attached hydrogens (primary N) is 1. The van der Waals surface area contributed by atoms with Gasteiger partial charge < -0.3 is 15.5 Å². The fraction of sp³-hybridized carbons (Fsp3) is 0.364. The van der Waals surface area contributed by atoms with Crippen LogP contribution in [0, 0.1) is 6.92 Å². The highest BCUT2D eigenvalue weighted by atomic mass is 32.2. The molecule has 1 aromatic carbocycles. The lowest BCUT2D eigenvalue weighted by molar-refractivity contribution is -0.118. The number of carbonyl (C=O) groups is 1. The van der Waals surface area contributed by atoms with E-state index in [9.17, 15) is 4.79 Å². The monoisotopic (exact) mass is 396 g/mol. The minimum absolute atomic E-state index is 0.00106. The fourth-order valence-electron chi connectivity index (χ4n) is 2.99. The highest BCUT2D eigenvalue weighted by Gasteiger charge is 2.10. The van der Waals surface area contributed by atoms with E-state index in [0.29, 0.717) is 24.0 Å². The number of pyridine rings is 1. The van der Waals surface area contributed by atoms with Gasteiger partial charge in [-0.2, -0.15) is 0 Å². The zero-order valence-corrected chi connectivity index (χ0v) is 17.5. The van der Waals surface area contributed by atoms with Crippen molar-refractivity contribution in [3.63, 3.8) is 0 Å². The van der Waals surface area contributed by atoms with E-state index in [1.807, 2.05) is 34.9 Å². The first kappa shape index (κ1) is 20.4. The van der Waals surface area contributed by atoms with Crippen LogP contribution < -0.4 is 11.1 Å². The summed E-state index contributed by atoms with van der Waals surface area (Å²) in [5.74, 6) is 1.60. The number of aromatic nitrogens is 2. The van der Waals surface area contributed by atoms with Crippen molar-refractivity contribution >= 4 is 23.3 Å². The van der Waals surface area contributed by atoms with Gasteiger partial charge in [0.1, 0.15) is 5.65 Å². The number of aryl methyl sites for hydroxylation is 1. The topological polar surface area (TPSA) is 72.4 Å². The van der Waals surface area contributed by atoms with E-state index in [-0.39, 0.29) is 11.9 Å². The van der Waals surface area contributed by atoms with Crippen LogP contribution in [0.1, 0.15) is 48.2 Å². The predicted molar refractivity (Wildman–Crippen MR) is 117 cm³/mol. The van der Waals surface area contributed by atoms with Crippen molar-refractivity contribution < 1.29 is 4.79 Å². The lowest BCUT2D eigenvalue weighted by Gasteiger charge is -2.14. The first-order chi connectivity index (χ1) is 13.4. The smallest absolute Gasteiger partial charge is 0.230 e. The van der Waals surface area contributed by atoms with Gasteiger partial charge in [-0.25, -0.2) is 4.98 Å². The standard InChI is InChI=1S/C22H28N4OS/c1-15(2)17-5-7-18(8-6-17)20(23)10-24-22(27)14-28-13-19-12-26-11-16(3)4-9-21(26)25-19/h4-9,11-12,15,20H,10,13-14,23H2,1-3H3,(H,24,27). The maximum Gasteiger partial charge on any atom is 0.230 e. The Hall–Kier alpha value is -2.31. The summed E-state index contributed by atoms with van der Waals surface area (Å²) < 4.78 is 2.02. The Bertz CT molecular complexity index is 933. The maximum atomic E-state index is 12.1. The Morgan fingerprint density at radius 2 is 1.86 bits per heavy atom. The summed E-state index contributed by atoms with van der Waals surface area (Å²) in [5.41, 5.74) is 11.6. The molecular formula is C22H28N4OS. The predicted octanol–water partition coefficient (Wildman–Crippen LogP) is 3.82. The van der Waals surface area contributed by atoms with E-state index in [1.54, 1.807) is 11.8 Å². The molecule has 3 rings (SSSR count). The second-order valence-corrected chi connectivity index (χ2v) is 8.41. The lowest BCUT2D eigenvalue weighted by Crippen LogP contribution is -2.33. The number of hydrogen-bond acceptors (Lipinski definition) is 4. The van der Waals surface area contributed by atoms with Crippen LogP contribution in [0.3, 0.4) is 0 Å². The summed E-state index contributed by atoms with van der Waals surface area (Å²) in [6, 6.07) is 12.2. The van der Waals surface area contributed by atoms with Gasteiger partial charge in [-0.1, -0.05) is 44.2 Å². The Morgan fingerprint density at radius 1 is 1.14 bits per heavy atom. The molecule has 0 saturated carbocycles. The minimum Gasteiger partial charge on any atom is -0.353 e. The second-order valence-electron chi connectivity index (χ2n) is 7.43. The van der Waals surface area contributed by atoms with Crippen molar-refractivity contribution in [3.8, 4) is 0 Å². The molecule has 0 spiro atoms. The minimum atomic E-state index is -0.197. The van der Waals surface area contributed by atoms with Gasteiger partial charge in [0.15, 0.2) is 0 Å². The molecule has 1 atom stereocenters. The number of thioether (sulfide) groups is 1. The Kier molecular flexibility index (Phi) is 6.75. The van der Waals surface area contributed by atoms with E-state index in [0.717, 1.165) is 16.9 Å². The fourth-order valence-corrected chi connectivity index (χ4v) is 3.73. The molecule has 6 heteroatoms. The van der Waals surface area contributed by atoms with E-state index in [1.165, 1.54) is 11.1 Å². The van der Waals surface area contributed by atoms with Crippen LogP contribution in [0.15, 0.2) is 48.8 Å². The first-order valence-corrected chi connectivity index (χ1v) is 10.7. The highest BCUT2D eigenvalue weighted by Crippen LogP contribution is 2.18.